The van der Waals surface area contributed by atoms with E-state index in [1.54, 1.807) is 0 Å². The Morgan fingerprint density at radius 3 is 2.76 bits per heavy atom. The number of ether oxygens (including phenoxy) is 1. The van der Waals surface area contributed by atoms with E-state index in [1.165, 1.54) is 32.1 Å². The van der Waals surface area contributed by atoms with E-state index in [2.05, 4.69) is 15.2 Å². The number of aromatic nitrogens is 2. The van der Waals surface area contributed by atoms with E-state index >= 15 is 0 Å². The average molecular weight is 305 g/mol. The first-order valence-electron chi connectivity index (χ1n) is 7.44. The van der Waals surface area contributed by atoms with Crippen LogP contribution in [0.2, 0.25) is 0 Å². The minimum absolute atomic E-state index is 0.0445. The fourth-order valence-corrected chi connectivity index (χ4v) is 2.57. The minimum atomic E-state index is -4.25. The quantitative estimate of drug-likeness (QED) is 0.787. The lowest BCUT2D eigenvalue weighted by molar-refractivity contribution is -0.173. The van der Waals surface area contributed by atoms with Gasteiger partial charge in [-0.2, -0.15) is 18.3 Å². The van der Waals surface area contributed by atoms with Gasteiger partial charge in [0.2, 0.25) is 0 Å². The van der Waals surface area contributed by atoms with Crippen molar-refractivity contribution in [3.05, 3.63) is 18.0 Å². The molecule has 1 aromatic rings. The number of hydrogen-bond donors (Lipinski definition) is 1. The molecule has 1 aliphatic carbocycles. The number of alkyl halides is 3. The Labute approximate surface area is 122 Å². The average Bonchev–Trinajstić information content (AvgIpc) is 2.91. The van der Waals surface area contributed by atoms with Gasteiger partial charge in [0, 0.05) is 19.3 Å². The fraction of sp³-hybridized carbons (Fsp3) is 0.786. The molecule has 120 valence electrons. The van der Waals surface area contributed by atoms with Crippen molar-refractivity contribution >= 4 is 0 Å². The molecule has 0 atom stereocenters. The molecule has 1 aromatic heterocycles. The summed E-state index contributed by atoms with van der Waals surface area (Å²) in [5.41, 5.74) is 0.913. The zero-order valence-electron chi connectivity index (χ0n) is 12.0. The summed E-state index contributed by atoms with van der Waals surface area (Å²) in [6.07, 6.45) is 3.93. The van der Waals surface area contributed by atoms with Crippen LogP contribution in [0, 0.1) is 0 Å². The van der Waals surface area contributed by atoms with Gasteiger partial charge in [-0.15, -0.1) is 0 Å². The van der Waals surface area contributed by atoms with Gasteiger partial charge in [-0.25, -0.2) is 0 Å². The van der Waals surface area contributed by atoms with Crippen LogP contribution in [-0.4, -0.2) is 35.7 Å². The van der Waals surface area contributed by atoms with Crippen LogP contribution < -0.4 is 5.32 Å². The van der Waals surface area contributed by atoms with Crippen molar-refractivity contribution in [2.45, 2.75) is 50.9 Å². The highest BCUT2D eigenvalue weighted by Crippen LogP contribution is 2.27. The van der Waals surface area contributed by atoms with E-state index in [1.807, 2.05) is 16.9 Å². The summed E-state index contributed by atoms with van der Waals surface area (Å²) >= 11 is 0. The number of rotatable bonds is 7. The third-order valence-corrected chi connectivity index (χ3v) is 3.61. The Hall–Kier alpha value is -1.08. The smallest absolute Gasteiger partial charge is 0.371 e. The van der Waals surface area contributed by atoms with Crippen LogP contribution in [0.25, 0.3) is 0 Å². The second-order valence-corrected chi connectivity index (χ2v) is 5.42. The Morgan fingerprint density at radius 1 is 1.29 bits per heavy atom. The van der Waals surface area contributed by atoms with Crippen molar-refractivity contribution in [3.8, 4) is 0 Å². The second kappa shape index (κ2) is 7.79. The summed E-state index contributed by atoms with van der Waals surface area (Å²) < 4.78 is 42.1. The first-order chi connectivity index (χ1) is 10.0. The van der Waals surface area contributed by atoms with Gasteiger partial charge in [-0.05, 0) is 18.9 Å². The zero-order chi connectivity index (χ0) is 15.1. The summed E-state index contributed by atoms with van der Waals surface area (Å²) in [5, 5.41) is 7.56. The third kappa shape index (κ3) is 6.05. The third-order valence-electron chi connectivity index (χ3n) is 3.61. The van der Waals surface area contributed by atoms with Crippen LogP contribution in [0.3, 0.4) is 0 Å². The molecule has 0 aliphatic heterocycles. The van der Waals surface area contributed by atoms with E-state index in [-0.39, 0.29) is 6.61 Å². The van der Waals surface area contributed by atoms with E-state index in [4.69, 9.17) is 0 Å². The zero-order valence-corrected chi connectivity index (χ0v) is 12.0. The van der Waals surface area contributed by atoms with Gasteiger partial charge in [0.05, 0.1) is 18.3 Å². The molecule has 0 amide bonds. The van der Waals surface area contributed by atoms with Crippen molar-refractivity contribution < 1.29 is 17.9 Å². The maximum atomic E-state index is 11.9. The maximum absolute atomic E-state index is 11.9. The molecule has 1 fully saturated rings. The highest BCUT2D eigenvalue weighted by Gasteiger charge is 2.27. The summed E-state index contributed by atoms with van der Waals surface area (Å²) in [6, 6.07) is 2.46. The Morgan fingerprint density at radius 2 is 2.05 bits per heavy atom. The molecule has 7 heteroatoms. The molecule has 0 unspecified atom stereocenters. The minimum Gasteiger partial charge on any atom is -0.371 e. The standard InChI is InChI=1S/C14H22F3N3O/c15-14(16,17)11-21-9-7-18-10-12-6-8-20(19-12)13-4-2-1-3-5-13/h6,8,13,18H,1-5,7,9-11H2. The van der Waals surface area contributed by atoms with Crippen molar-refractivity contribution in [2.75, 3.05) is 19.8 Å². The maximum Gasteiger partial charge on any atom is 0.411 e. The van der Waals surface area contributed by atoms with Crippen LogP contribution in [-0.2, 0) is 11.3 Å². The number of hydrogen-bond acceptors (Lipinski definition) is 3. The fourth-order valence-electron chi connectivity index (χ4n) is 2.57. The van der Waals surface area contributed by atoms with Gasteiger partial charge in [0.25, 0.3) is 0 Å². The largest absolute Gasteiger partial charge is 0.411 e. The monoisotopic (exact) mass is 305 g/mol. The second-order valence-electron chi connectivity index (χ2n) is 5.42. The van der Waals surface area contributed by atoms with Crippen LogP contribution in [0.1, 0.15) is 43.8 Å². The van der Waals surface area contributed by atoms with Gasteiger partial charge < -0.3 is 10.1 Å². The molecule has 0 radical (unpaired) electrons. The lowest BCUT2D eigenvalue weighted by atomic mass is 9.96. The summed E-state index contributed by atoms with van der Waals surface area (Å²) in [7, 11) is 0. The molecule has 21 heavy (non-hydrogen) atoms. The van der Waals surface area contributed by atoms with Crippen LogP contribution in [0.5, 0.6) is 0 Å². The van der Waals surface area contributed by atoms with E-state index < -0.39 is 12.8 Å². The Bertz CT molecular complexity index is 414. The molecule has 1 aliphatic rings. The molecule has 1 saturated carbocycles. The highest BCUT2D eigenvalue weighted by molar-refractivity contribution is 4.99. The van der Waals surface area contributed by atoms with E-state index in [9.17, 15) is 13.2 Å². The first-order valence-corrected chi connectivity index (χ1v) is 7.44. The number of nitrogens with one attached hydrogen (secondary N) is 1. The molecule has 0 saturated heterocycles. The molecule has 1 N–H and O–H groups in total. The SMILES string of the molecule is FC(F)(F)COCCNCc1ccn(C2CCCCC2)n1. The van der Waals surface area contributed by atoms with Crippen molar-refractivity contribution in [3.63, 3.8) is 0 Å². The lowest BCUT2D eigenvalue weighted by Gasteiger charge is -2.21. The number of nitrogens with zero attached hydrogens (tertiary/aromatic N) is 2. The van der Waals surface area contributed by atoms with Gasteiger partial charge in [0.1, 0.15) is 6.61 Å². The van der Waals surface area contributed by atoms with Gasteiger partial charge in [-0.3, -0.25) is 4.68 Å². The first kappa shape index (κ1) is 16.3. The molecule has 2 rings (SSSR count). The molecule has 1 heterocycles. The molecule has 4 nitrogen and oxygen atoms in total. The molecule has 0 bridgehead atoms. The molecule has 0 aromatic carbocycles. The van der Waals surface area contributed by atoms with Crippen LogP contribution in [0.4, 0.5) is 13.2 Å². The van der Waals surface area contributed by atoms with E-state index in [0.29, 0.717) is 19.1 Å². The Balaban J connectivity index is 1.62. The lowest BCUT2D eigenvalue weighted by Crippen LogP contribution is -2.24. The van der Waals surface area contributed by atoms with Gasteiger partial charge >= 0.3 is 6.18 Å². The topological polar surface area (TPSA) is 39.1 Å². The molecule has 0 spiro atoms. The van der Waals surface area contributed by atoms with Gasteiger partial charge in [0.15, 0.2) is 0 Å². The van der Waals surface area contributed by atoms with Crippen molar-refractivity contribution in [1.29, 1.82) is 0 Å². The predicted octanol–water partition coefficient (Wildman–Crippen LogP) is 3.06. The highest BCUT2D eigenvalue weighted by atomic mass is 19.4. The summed E-state index contributed by atoms with van der Waals surface area (Å²) in [4.78, 5) is 0. The van der Waals surface area contributed by atoms with Crippen LogP contribution in [0.15, 0.2) is 12.3 Å². The van der Waals surface area contributed by atoms with Crippen molar-refractivity contribution in [1.82, 2.24) is 15.1 Å². The molecular formula is C14H22F3N3O. The van der Waals surface area contributed by atoms with Crippen LogP contribution >= 0.6 is 0 Å². The predicted molar refractivity (Wildman–Crippen MR) is 72.9 cm³/mol. The van der Waals surface area contributed by atoms with Gasteiger partial charge in [-0.1, -0.05) is 19.3 Å². The van der Waals surface area contributed by atoms with E-state index in [0.717, 1.165) is 5.69 Å². The normalized spacial score (nSPS) is 17.3. The summed E-state index contributed by atoms with van der Waals surface area (Å²) in [5.74, 6) is 0. The number of halogens is 3. The van der Waals surface area contributed by atoms with Crippen molar-refractivity contribution in [2.24, 2.45) is 0 Å². The summed E-state index contributed by atoms with van der Waals surface area (Å²) in [6.45, 7) is -0.213. The Kier molecular flexibility index (Phi) is 6.05. The molecular weight excluding hydrogens is 283 g/mol.